The van der Waals surface area contributed by atoms with E-state index in [1.54, 1.807) is 12.1 Å². The average molecular weight is 453 g/mol. The van der Waals surface area contributed by atoms with Crippen molar-refractivity contribution in [3.8, 4) is 0 Å². The molecule has 0 saturated carbocycles. The van der Waals surface area contributed by atoms with Crippen LogP contribution in [-0.2, 0) is 17.9 Å². The van der Waals surface area contributed by atoms with Gasteiger partial charge in [-0.3, -0.25) is 14.6 Å². The van der Waals surface area contributed by atoms with Crippen molar-refractivity contribution in [3.05, 3.63) is 71.5 Å². The lowest BCUT2D eigenvalue weighted by atomic mass is 9.86. The number of likely N-dealkylation sites (tertiary alicyclic amines) is 1. The number of nitrogens with zero attached hydrogens (tertiary/aromatic N) is 3. The monoisotopic (exact) mass is 452 g/mol. The van der Waals surface area contributed by atoms with Gasteiger partial charge in [0.15, 0.2) is 0 Å². The molecule has 2 aromatic carbocycles. The topological polar surface area (TPSA) is 38.8 Å². The van der Waals surface area contributed by atoms with Crippen molar-refractivity contribution < 1.29 is 9.18 Å². The van der Waals surface area contributed by atoms with Crippen LogP contribution in [-0.4, -0.2) is 73.0 Å². The molecule has 2 heterocycles. The number of likely N-dealkylation sites (N-methyl/N-ethyl adjacent to an activating group) is 1. The van der Waals surface area contributed by atoms with Crippen LogP contribution in [0.15, 0.2) is 54.6 Å². The molecule has 4 rings (SSSR count). The molecule has 0 unspecified atom stereocenters. The molecule has 178 valence electrons. The molecule has 0 aliphatic carbocycles. The summed E-state index contributed by atoms with van der Waals surface area (Å²) in [7, 11) is 2.20. The fraction of sp³-hybridized carbons (Fsp3) is 0.519. The van der Waals surface area contributed by atoms with Crippen molar-refractivity contribution in [2.75, 3.05) is 46.3 Å². The zero-order chi connectivity index (χ0) is 23.0. The molecule has 1 amide bonds. The van der Waals surface area contributed by atoms with Crippen molar-refractivity contribution in [2.24, 2.45) is 5.92 Å². The second kappa shape index (κ2) is 11.7. The van der Waals surface area contributed by atoms with Crippen LogP contribution >= 0.6 is 0 Å². The van der Waals surface area contributed by atoms with Gasteiger partial charge in [0.05, 0.1) is 0 Å². The number of piperidine rings is 1. The summed E-state index contributed by atoms with van der Waals surface area (Å²) in [5, 5.41) is 3.01. The Morgan fingerprint density at radius 2 is 1.70 bits per heavy atom. The zero-order valence-electron chi connectivity index (χ0n) is 19.8. The highest BCUT2D eigenvalue weighted by atomic mass is 19.1. The molecule has 5 nitrogen and oxygen atoms in total. The summed E-state index contributed by atoms with van der Waals surface area (Å²) in [5.41, 5.74) is 2.28. The molecule has 2 fully saturated rings. The van der Waals surface area contributed by atoms with Gasteiger partial charge in [0.25, 0.3) is 0 Å². The van der Waals surface area contributed by atoms with E-state index in [4.69, 9.17) is 0 Å². The Bertz CT molecular complexity index is 867. The van der Waals surface area contributed by atoms with E-state index in [2.05, 4.69) is 57.4 Å². The highest BCUT2D eigenvalue weighted by Gasteiger charge is 2.34. The fourth-order valence-corrected chi connectivity index (χ4v) is 5.21. The maximum Gasteiger partial charge on any atom is 0.220 e. The molecule has 2 saturated heterocycles. The minimum atomic E-state index is -0.252. The maximum absolute atomic E-state index is 13.1. The molecule has 2 aliphatic rings. The summed E-state index contributed by atoms with van der Waals surface area (Å²) >= 11 is 0. The third-order valence-corrected chi connectivity index (χ3v) is 7.18. The van der Waals surface area contributed by atoms with Crippen molar-refractivity contribution in [1.82, 2.24) is 20.0 Å². The summed E-state index contributed by atoms with van der Waals surface area (Å²) in [6.07, 6.45) is 2.60. The van der Waals surface area contributed by atoms with Gasteiger partial charge >= 0.3 is 0 Å². The second-order valence-electron chi connectivity index (χ2n) is 9.62. The number of carbonyl (C=O) groups excluding carboxylic acids is 1. The summed E-state index contributed by atoms with van der Waals surface area (Å²) in [6, 6.07) is 17.5. The second-order valence-corrected chi connectivity index (χ2v) is 9.62. The summed E-state index contributed by atoms with van der Waals surface area (Å²) in [5.74, 6) is 0.316. The van der Waals surface area contributed by atoms with Gasteiger partial charge < -0.3 is 10.2 Å². The summed E-state index contributed by atoms with van der Waals surface area (Å²) < 4.78 is 13.1. The van der Waals surface area contributed by atoms with Gasteiger partial charge in [0.2, 0.25) is 5.91 Å². The van der Waals surface area contributed by atoms with E-state index in [0.717, 1.165) is 57.8 Å². The van der Waals surface area contributed by atoms with Crippen LogP contribution in [0.2, 0.25) is 0 Å². The van der Waals surface area contributed by atoms with E-state index < -0.39 is 0 Å². The number of nitrogens with one attached hydrogen (secondary N) is 1. The lowest BCUT2D eigenvalue weighted by molar-refractivity contribution is -0.121. The molecule has 2 aliphatic heterocycles. The number of hydrogen-bond acceptors (Lipinski definition) is 4. The molecule has 2 aromatic rings. The van der Waals surface area contributed by atoms with Crippen LogP contribution < -0.4 is 5.32 Å². The first-order valence-corrected chi connectivity index (χ1v) is 12.3. The van der Waals surface area contributed by atoms with Crippen molar-refractivity contribution >= 4 is 5.91 Å². The van der Waals surface area contributed by atoms with E-state index in [0.29, 0.717) is 24.9 Å². The summed E-state index contributed by atoms with van der Waals surface area (Å²) in [4.78, 5) is 20.2. The fourth-order valence-electron chi connectivity index (χ4n) is 5.21. The van der Waals surface area contributed by atoms with Crippen molar-refractivity contribution in [2.45, 2.75) is 38.4 Å². The first-order valence-electron chi connectivity index (χ1n) is 12.3. The SMILES string of the molecule is CN1CCN([C@@H]2CCN(Cc3ccccc3)C[C@@H]2CCC(=O)NCc2ccc(F)cc2)CC1. The Hall–Kier alpha value is -2.28. The smallest absolute Gasteiger partial charge is 0.220 e. The first kappa shape index (κ1) is 23.9. The Kier molecular flexibility index (Phi) is 8.48. The van der Waals surface area contributed by atoms with Crippen LogP contribution in [0.5, 0.6) is 0 Å². The predicted octanol–water partition coefficient (Wildman–Crippen LogP) is 3.36. The van der Waals surface area contributed by atoms with Gasteiger partial charge in [-0.05, 0) is 55.6 Å². The molecule has 1 N–H and O–H groups in total. The van der Waals surface area contributed by atoms with E-state index in [1.165, 1.54) is 24.1 Å². The van der Waals surface area contributed by atoms with Crippen LogP contribution in [0.4, 0.5) is 4.39 Å². The van der Waals surface area contributed by atoms with Crippen LogP contribution in [0.3, 0.4) is 0 Å². The molecule has 2 atom stereocenters. The largest absolute Gasteiger partial charge is 0.352 e. The van der Waals surface area contributed by atoms with E-state index in [9.17, 15) is 9.18 Å². The highest BCUT2D eigenvalue weighted by molar-refractivity contribution is 5.75. The van der Waals surface area contributed by atoms with Crippen molar-refractivity contribution in [1.29, 1.82) is 0 Å². The van der Waals surface area contributed by atoms with Crippen molar-refractivity contribution in [3.63, 3.8) is 0 Å². The molecule has 0 radical (unpaired) electrons. The number of benzene rings is 2. The van der Waals surface area contributed by atoms with Gasteiger partial charge in [-0.15, -0.1) is 0 Å². The normalized spacial score (nSPS) is 22.8. The van der Waals surface area contributed by atoms with Gasteiger partial charge in [0.1, 0.15) is 5.82 Å². The summed E-state index contributed by atoms with van der Waals surface area (Å²) in [6.45, 7) is 8.05. The molecule has 33 heavy (non-hydrogen) atoms. The van der Waals surface area contributed by atoms with Gasteiger partial charge in [-0.25, -0.2) is 4.39 Å². The molecule has 0 aromatic heterocycles. The number of carbonyl (C=O) groups is 1. The third-order valence-electron chi connectivity index (χ3n) is 7.18. The Balaban J connectivity index is 1.33. The number of rotatable bonds is 8. The van der Waals surface area contributed by atoms with Crippen LogP contribution in [0.1, 0.15) is 30.4 Å². The minimum absolute atomic E-state index is 0.0802. The molecule has 0 spiro atoms. The lowest BCUT2D eigenvalue weighted by Crippen LogP contribution is -2.56. The maximum atomic E-state index is 13.1. The van der Waals surface area contributed by atoms with Gasteiger partial charge in [-0.2, -0.15) is 0 Å². The number of piperazine rings is 1. The Labute approximate surface area is 197 Å². The van der Waals surface area contributed by atoms with Crippen LogP contribution in [0.25, 0.3) is 0 Å². The van der Waals surface area contributed by atoms with Gasteiger partial charge in [0, 0.05) is 58.3 Å². The molecular weight excluding hydrogens is 415 g/mol. The standard InChI is InChI=1S/C27H37FN4O/c1-30-15-17-32(18-16-30)26-13-14-31(20-23-5-3-2-4-6-23)21-24(26)9-12-27(33)29-19-22-7-10-25(28)11-8-22/h2-8,10-11,24,26H,9,12-21H2,1H3,(H,29,33)/t24-,26+/m0/s1. The highest BCUT2D eigenvalue weighted by Crippen LogP contribution is 2.28. The quantitative estimate of drug-likeness (QED) is 0.667. The average Bonchev–Trinajstić information content (AvgIpc) is 2.84. The van der Waals surface area contributed by atoms with Crippen LogP contribution in [0, 0.1) is 11.7 Å². The lowest BCUT2D eigenvalue weighted by Gasteiger charge is -2.46. The number of hydrogen-bond donors (Lipinski definition) is 1. The predicted molar refractivity (Wildman–Crippen MR) is 130 cm³/mol. The van der Waals surface area contributed by atoms with E-state index in [1.807, 2.05) is 0 Å². The molecular formula is C27H37FN4O. The zero-order valence-corrected chi connectivity index (χ0v) is 19.8. The Morgan fingerprint density at radius 1 is 0.970 bits per heavy atom. The molecule has 6 heteroatoms. The minimum Gasteiger partial charge on any atom is -0.352 e. The third kappa shape index (κ3) is 7.10. The molecule has 0 bridgehead atoms. The first-order chi connectivity index (χ1) is 16.1. The number of halogens is 1. The van der Waals surface area contributed by atoms with E-state index >= 15 is 0 Å². The Morgan fingerprint density at radius 3 is 2.42 bits per heavy atom. The van der Waals surface area contributed by atoms with Gasteiger partial charge in [-0.1, -0.05) is 42.5 Å². The number of amides is 1. The van der Waals surface area contributed by atoms with E-state index in [-0.39, 0.29) is 11.7 Å².